The molecule has 0 atom stereocenters. The van der Waals surface area contributed by atoms with Gasteiger partial charge in [0.2, 0.25) is 0 Å². The van der Waals surface area contributed by atoms with Crippen molar-refractivity contribution in [3.05, 3.63) is 78.0 Å². The molecule has 4 nitrogen and oxygen atoms in total. The highest BCUT2D eigenvalue weighted by Gasteiger charge is 2.31. The maximum Gasteiger partial charge on any atom is 0.416 e. The standard InChI is InChI=1S/C27H31F3N4/c1-21-7-9-22(10-8-21)23-11-13-32-26(19-23)31-12-2-3-14-33-15-17-34(18-16-33)25-6-4-5-24(20-25)27(28,29)30/h4-11,13,19-20H,2-3,12,14-18H2,1H3,(H,31,32). The molecule has 0 radical (unpaired) electrons. The number of alkyl halides is 3. The van der Waals surface area contributed by atoms with E-state index in [2.05, 4.69) is 52.5 Å². The molecule has 34 heavy (non-hydrogen) atoms. The molecule has 1 N–H and O–H groups in total. The highest BCUT2D eigenvalue weighted by atomic mass is 19.4. The summed E-state index contributed by atoms with van der Waals surface area (Å²) >= 11 is 0. The highest BCUT2D eigenvalue weighted by Crippen LogP contribution is 2.32. The van der Waals surface area contributed by atoms with E-state index < -0.39 is 11.7 Å². The number of halogens is 3. The van der Waals surface area contributed by atoms with Crippen LogP contribution >= 0.6 is 0 Å². The molecule has 1 aromatic heterocycles. The van der Waals surface area contributed by atoms with Crippen LogP contribution in [0.4, 0.5) is 24.7 Å². The third-order valence-corrected chi connectivity index (χ3v) is 6.26. The summed E-state index contributed by atoms with van der Waals surface area (Å²) in [5, 5.41) is 3.42. The first-order chi connectivity index (χ1) is 16.4. The van der Waals surface area contributed by atoms with Gasteiger partial charge in [-0.3, -0.25) is 4.90 Å². The molecule has 0 aliphatic carbocycles. The van der Waals surface area contributed by atoms with E-state index in [0.717, 1.165) is 69.6 Å². The lowest BCUT2D eigenvalue weighted by atomic mass is 10.1. The minimum Gasteiger partial charge on any atom is -0.370 e. The van der Waals surface area contributed by atoms with Crippen LogP contribution in [0, 0.1) is 6.92 Å². The number of aryl methyl sites for hydroxylation is 1. The van der Waals surface area contributed by atoms with Crippen molar-refractivity contribution in [2.75, 3.05) is 49.5 Å². The normalized spacial score (nSPS) is 14.9. The van der Waals surface area contributed by atoms with Crippen molar-refractivity contribution < 1.29 is 13.2 Å². The van der Waals surface area contributed by atoms with Gasteiger partial charge in [0.1, 0.15) is 5.82 Å². The third kappa shape index (κ3) is 6.50. The molecule has 180 valence electrons. The number of hydrogen-bond acceptors (Lipinski definition) is 4. The molecule has 4 rings (SSSR count). The van der Waals surface area contributed by atoms with E-state index in [0.29, 0.717) is 5.69 Å². The molecule has 2 heterocycles. The van der Waals surface area contributed by atoms with Crippen LogP contribution in [-0.2, 0) is 6.18 Å². The van der Waals surface area contributed by atoms with Gasteiger partial charge in [-0.25, -0.2) is 4.98 Å². The van der Waals surface area contributed by atoms with Crippen molar-refractivity contribution in [2.45, 2.75) is 25.9 Å². The lowest BCUT2D eigenvalue weighted by Gasteiger charge is -2.36. The highest BCUT2D eigenvalue weighted by molar-refractivity contribution is 5.66. The van der Waals surface area contributed by atoms with Crippen LogP contribution in [-0.4, -0.2) is 49.2 Å². The molecular weight excluding hydrogens is 437 g/mol. The predicted molar refractivity (Wildman–Crippen MR) is 132 cm³/mol. The lowest BCUT2D eigenvalue weighted by Crippen LogP contribution is -2.46. The number of hydrogen-bond donors (Lipinski definition) is 1. The van der Waals surface area contributed by atoms with Gasteiger partial charge in [0.15, 0.2) is 0 Å². The Morgan fingerprint density at radius 1 is 0.882 bits per heavy atom. The van der Waals surface area contributed by atoms with E-state index in [1.54, 1.807) is 6.07 Å². The second-order valence-electron chi connectivity index (χ2n) is 8.81. The number of anilines is 2. The van der Waals surface area contributed by atoms with Crippen molar-refractivity contribution in [3.8, 4) is 11.1 Å². The van der Waals surface area contributed by atoms with Crippen molar-refractivity contribution in [1.29, 1.82) is 0 Å². The summed E-state index contributed by atoms with van der Waals surface area (Å²) < 4.78 is 38.9. The quantitative estimate of drug-likeness (QED) is 0.406. The van der Waals surface area contributed by atoms with Gasteiger partial charge in [0.25, 0.3) is 0 Å². The second kappa shape index (κ2) is 10.9. The van der Waals surface area contributed by atoms with Gasteiger partial charge in [-0.05, 0) is 67.8 Å². The summed E-state index contributed by atoms with van der Waals surface area (Å²) in [5.41, 5.74) is 3.64. The SMILES string of the molecule is Cc1ccc(-c2ccnc(NCCCCN3CCN(c4cccc(C(F)(F)F)c4)CC3)c2)cc1. The molecule has 1 aliphatic rings. The number of unbranched alkanes of at least 4 members (excludes halogenated alkanes) is 1. The van der Waals surface area contributed by atoms with Gasteiger partial charge < -0.3 is 10.2 Å². The fraction of sp³-hybridized carbons (Fsp3) is 0.370. The molecule has 0 amide bonds. The maximum absolute atomic E-state index is 13.0. The Kier molecular flexibility index (Phi) is 7.73. The summed E-state index contributed by atoms with van der Waals surface area (Å²) in [4.78, 5) is 8.86. The molecule has 1 aliphatic heterocycles. The Morgan fingerprint density at radius 2 is 1.65 bits per heavy atom. The van der Waals surface area contributed by atoms with Crippen LogP contribution in [0.5, 0.6) is 0 Å². The van der Waals surface area contributed by atoms with Gasteiger partial charge in [-0.2, -0.15) is 13.2 Å². The summed E-state index contributed by atoms with van der Waals surface area (Å²) in [6.07, 6.45) is -0.372. The zero-order chi connectivity index (χ0) is 24.0. The molecular formula is C27H31F3N4. The first-order valence-electron chi connectivity index (χ1n) is 11.8. The van der Waals surface area contributed by atoms with Crippen molar-refractivity contribution in [3.63, 3.8) is 0 Å². The monoisotopic (exact) mass is 468 g/mol. The molecule has 7 heteroatoms. The van der Waals surface area contributed by atoms with Gasteiger partial charge in [0, 0.05) is 44.6 Å². The average Bonchev–Trinajstić information content (AvgIpc) is 2.84. The van der Waals surface area contributed by atoms with Crippen LogP contribution in [0.15, 0.2) is 66.9 Å². The van der Waals surface area contributed by atoms with E-state index in [1.807, 2.05) is 17.2 Å². The number of piperazine rings is 1. The van der Waals surface area contributed by atoms with E-state index in [4.69, 9.17) is 0 Å². The first-order valence-corrected chi connectivity index (χ1v) is 11.8. The lowest BCUT2D eigenvalue weighted by molar-refractivity contribution is -0.137. The van der Waals surface area contributed by atoms with Crippen molar-refractivity contribution in [1.82, 2.24) is 9.88 Å². The predicted octanol–water partition coefficient (Wildman–Crippen LogP) is 6.09. The number of nitrogens with zero attached hydrogens (tertiary/aromatic N) is 3. The minimum absolute atomic E-state index is 0.584. The van der Waals surface area contributed by atoms with Crippen LogP contribution in [0.3, 0.4) is 0 Å². The van der Waals surface area contributed by atoms with Crippen LogP contribution in [0.25, 0.3) is 11.1 Å². The zero-order valence-electron chi connectivity index (χ0n) is 19.5. The summed E-state index contributed by atoms with van der Waals surface area (Å²) in [6.45, 7) is 7.15. The second-order valence-corrected chi connectivity index (χ2v) is 8.81. The smallest absolute Gasteiger partial charge is 0.370 e. The Balaban J connectivity index is 1.17. The van der Waals surface area contributed by atoms with E-state index in [9.17, 15) is 13.2 Å². The Labute approximate surface area is 199 Å². The van der Waals surface area contributed by atoms with Crippen molar-refractivity contribution in [2.24, 2.45) is 0 Å². The molecule has 3 aromatic rings. The number of aromatic nitrogens is 1. The fourth-order valence-corrected chi connectivity index (χ4v) is 4.24. The largest absolute Gasteiger partial charge is 0.416 e. The van der Waals surface area contributed by atoms with Gasteiger partial charge >= 0.3 is 6.18 Å². The zero-order valence-corrected chi connectivity index (χ0v) is 19.5. The summed E-state index contributed by atoms with van der Waals surface area (Å²) in [7, 11) is 0. The van der Waals surface area contributed by atoms with Crippen LogP contribution in [0.2, 0.25) is 0 Å². The van der Waals surface area contributed by atoms with Gasteiger partial charge in [0.05, 0.1) is 5.56 Å². The van der Waals surface area contributed by atoms with Gasteiger partial charge in [-0.15, -0.1) is 0 Å². The molecule has 0 spiro atoms. The fourth-order valence-electron chi connectivity index (χ4n) is 4.24. The third-order valence-electron chi connectivity index (χ3n) is 6.26. The molecule has 0 saturated carbocycles. The van der Waals surface area contributed by atoms with E-state index >= 15 is 0 Å². The van der Waals surface area contributed by atoms with Gasteiger partial charge in [-0.1, -0.05) is 35.9 Å². The number of rotatable bonds is 8. The number of pyridine rings is 1. The van der Waals surface area contributed by atoms with E-state index in [-0.39, 0.29) is 0 Å². The van der Waals surface area contributed by atoms with Crippen LogP contribution < -0.4 is 10.2 Å². The van der Waals surface area contributed by atoms with Crippen molar-refractivity contribution >= 4 is 11.5 Å². The Hall–Kier alpha value is -3.06. The number of nitrogens with one attached hydrogen (secondary N) is 1. The molecule has 0 unspecified atom stereocenters. The number of benzene rings is 2. The topological polar surface area (TPSA) is 31.4 Å². The summed E-state index contributed by atoms with van der Waals surface area (Å²) in [5.74, 6) is 0.882. The van der Waals surface area contributed by atoms with E-state index in [1.165, 1.54) is 23.3 Å². The molecule has 0 bridgehead atoms. The Morgan fingerprint density at radius 3 is 2.38 bits per heavy atom. The maximum atomic E-state index is 13.0. The molecule has 1 saturated heterocycles. The summed E-state index contributed by atoms with van der Waals surface area (Å²) in [6, 6.07) is 18.2. The van der Waals surface area contributed by atoms with Crippen LogP contribution in [0.1, 0.15) is 24.0 Å². The molecule has 2 aromatic carbocycles. The average molecular weight is 469 g/mol. The first kappa shape index (κ1) is 24.1. The molecule has 1 fully saturated rings. The minimum atomic E-state index is -4.30. The Bertz CT molecular complexity index is 1060.